The van der Waals surface area contributed by atoms with Crippen LogP contribution in [0.15, 0.2) is 5.38 Å². The summed E-state index contributed by atoms with van der Waals surface area (Å²) in [4.78, 5) is 4.70. The summed E-state index contributed by atoms with van der Waals surface area (Å²) >= 11 is 1.69. The van der Waals surface area contributed by atoms with Gasteiger partial charge in [-0.15, -0.1) is 11.3 Å². The fraction of sp³-hybridized carbons (Fsp3) is 0.812. The molecular weight excluding hydrogens is 254 g/mol. The number of aliphatic hydroxyl groups excluding tert-OH is 1. The van der Waals surface area contributed by atoms with E-state index in [1.165, 1.54) is 12.8 Å². The SMILES string of the molecule is CC(C)(C)c1csc(CC(O)C2CCCC2(C)C)n1. The number of aromatic nitrogens is 1. The molecule has 0 amide bonds. The summed E-state index contributed by atoms with van der Waals surface area (Å²) in [6.45, 7) is 11.1. The molecule has 1 aliphatic carbocycles. The molecule has 3 heteroatoms. The lowest BCUT2D eigenvalue weighted by atomic mass is 9.78. The van der Waals surface area contributed by atoms with Crippen LogP contribution in [0.3, 0.4) is 0 Å². The van der Waals surface area contributed by atoms with E-state index >= 15 is 0 Å². The Bertz CT molecular complexity index is 430. The predicted molar refractivity (Wildman–Crippen MR) is 81.6 cm³/mol. The van der Waals surface area contributed by atoms with Crippen molar-refractivity contribution in [1.29, 1.82) is 0 Å². The Hall–Kier alpha value is -0.410. The van der Waals surface area contributed by atoms with Crippen LogP contribution in [0, 0.1) is 11.3 Å². The van der Waals surface area contributed by atoms with E-state index < -0.39 is 0 Å². The molecule has 2 rings (SSSR count). The second-order valence-corrected chi connectivity index (χ2v) is 8.58. The first-order valence-corrected chi connectivity index (χ1v) is 8.21. The molecule has 2 nitrogen and oxygen atoms in total. The van der Waals surface area contributed by atoms with E-state index in [4.69, 9.17) is 4.98 Å². The molecule has 0 aliphatic heterocycles. The molecule has 2 unspecified atom stereocenters. The summed E-state index contributed by atoms with van der Waals surface area (Å²) in [5.74, 6) is 0.425. The van der Waals surface area contributed by atoms with Gasteiger partial charge in [0.05, 0.1) is 16.8 Å². The topological polar surface area (TPSA) is 33.1 Å². The van der Waals surface area contributed by atoms with E-state index in [2.05, 4.69) is 40.0 Å². The van der Waals surface area contributed by atoms with Crippen LogP contribution in [-0.2, 0) is 11.8 Å². The molecule has 1 fully saturated rings. The zero-order valence-electron chi connectivity index (χ0n) is 12.9. The highest BCUT2D eigenvalue weighted by molar-refractivity contribution is 7.09. The average molecular weight is 281 g/mol. The van der Waals surface area contributed by atoms with Gasteiger partial charge < -0.3 is 5.11 Å². The summed E-state index contributed by atoms with van der Waals surface area (Å²) < 4.78 is 0. The fourth-order valence-corrected chi connectivity index (χ4v) is 4.21. The number of hydrogen-bond acceptors (Lipinski definition) is 3. The van der Waals surface area contributed by atoms with Gasteiger partial charge in [0.15, 0.2) is 0 Å². The molecule has 2 atom stereocenters. The number of rotatable bonds is 3. The normalized spacial score (nSPS) is 24.6. The van der Waals surface area contributed by atoms with Crippen molar-refractivity contribution in [2.45, 2.75) is 71.8 Å². The van der Waals surface area contributed by atoms with Gasteiger partial charge in [0.2, 0.25) is 0 Å². The molecule has 0 spiro atoms. The van der Waals surface area contributed by atoms with Gasteiger partial charge in [0.25, 0.3) is 0 Å². The predicted octanol–water partition coefficient (Wildman–Crippen LogP) is 4.17. The smallest absolute Gasteiger partial charge is 0.0954 e. The van der Waals surface area contributed by atoms with Crippen molar-refractivity contribution in [3.8, 4) is 0 Å². The highest BCUT2D eigenvalue weighted by atomic mass is 32.1. The zero-order chi connectivity index (χ0) is 14.3. The highest BCUT2D eigenvalue weighted by Gasteiger charge is 2.39. The maximum atomic E-state index is 10.5. The van der Waals surface area contributed by atoms with E-state index in [9.17, 15) is 5.11 Å². The summed E-state index contributed by atoms with van der Waals surface area (Å²) in [5, 5.41) is 13.7. The summed E-state index contributed by atoms with van der Waals surface area (Å²) in [5.41, 5.74) is 1.53. The first-order chi connectivity index (χ1) is 8.70. The third-order valence-corrected chi connectivity index (χ3v) is 5.38. The largest absolute Gasteiger partial charge is 0.392 e. The monoisotopic (exact) mass is 281 g/mol. The molecule has 0 radical (unpaired) electrons. The molecule has 1 saturated carbocycles. The summed E-state index contributed by atoms with van der Waals surface area (Å²) in [6, 6.07) is 0. The maximum absolute atomic E-state index is 10.5. The van der Waals surface area contributed by atoms with Gasteiger partial charge in [-0.2, -0.15) is 0 Å². The van der Waals surface area contributed by atoms with E-state index in [1.807, 2.05) is 0 Å². The molecule has 19 heavy (non-hydrogen) atoms. The Kier molecular flexibility index (Phi) is 4.08. The quantitative estimate of drug-likeness (QED) is 0.902. The minimum atomic E-state index is -0.239. The van der Waals surface area contributed by atoms with E-state index in [0.717, 1.165) is 23.5 Å². The second kappa shape index (κ2) is 5.17. The minimum absolute atomic E-state index is 0.104. The van der Waals surface area contributed by atoms with Crippen LogP contribution in [0.1, 0.15) is 64.6 Å². The lowest BCUT2D eigenvalue weighted by Gasteiger charge is -2.30. The van der Waals surface area contributed by atoms with Crippen LogP contribution in [0.5, 0.6) is 0 Å². The van der Waals surface area contributed by atoms with Crippen molar-refractivity contribution in [1.82, 2.24) is 4.98 Å². The molecule has 1 heterocycles. The summed E-state index contributed by atoms with van der Waals surface area (Å²) in [7, 11) is 0. The first kappa shape index (κ1) is 15.0. The number of nitrogens with zero attached hydrogens (tertiary/aromatic N) is 1. The van der Waals surface area contributed by atoms with Gasteiger partial charge in [-0.3, -0.25) is 0 Å². The van der Waals surface area contributed by atoms with Gasteiger partial charge in [-0.25, -0.2) is 4.98 Å². The Morgan fingerprint density at radius 1 is 1.47 bits per heavy atom. The Balaban J connectivity index is 2.03. The van der Waals surface area contributed by atoms with Crippen molar-refractivity contribution in [2.75, 3.05) is 0 Å². The van der Waals surface area contributed by atoms with Crippen molar-refractivity contribution in [3.63, 3.8) is 0 Å². The highest BCUT2D eigenvalue weighted by Crippen LogP contribution is 2.45. The van der Waals surface area contributed by atoms with Crippen LogP contribution in [0.2, 0.25) is 0 Å². The number of thiazole rings is 1. The van der Waals surface area contributed by atoms with Gasteiger partial charge in [0.1, 0.15) is 0 Å². The second-order valence-electron chi connectivity index (χ2n) is 7.64. The standard InChI is InChI=1S/C16H27NOS/c1-15(2,3)13-10-19-14(17-13)9-12(18)11-7-6-8-16(11,4)5/h10-12,18H,6-9H2,1-5H3. The molecular formula is C16H27NOS. The Morgan fingerprint density at radius 3 is 2.63 bits per heavy atom. The molecule has 1 aliphatic rings. The van der Waals surface area contributed by atoms with E-state index in [-0.39, 0.29) is 16.9 Å². The van der Waals surface area contributed by atoms with Crippen molar-refractivity contribution in [3.05, 3.63) is 16.1 Å². The molecule has 1 aromatic heterocycles. The lowest BCUT2D eigenvalue weighted by Crippen LogP contribution is -2.31. The van der Waals surface area contributed by atoms with Crippen molar-refractivity contribution >= 4 is 11.3 Å². The summed E-state index contributed by atoms with van der Waals surface area (Å²) in [6.07, 6.45) is 4.12. The molecule has 0 aromatic carbocycles. The molecule has 1 aromatic rings. The lowest BCUT2D eigenvalue weighted by molar-refractivity contribution is 0.0542. The van der Waals surface area contributed by atoms with Gasteiger partial charge in [-0.1, -0.05) is 41.0 Å². The third-order valence-electron chi connectivity index (χ3n) is 4.51. The zero-order valence-corrected chi connectivity index (χ0v) is 13.7. The fourth-order valence-electron chi connectivity index (χ4n) is 3.14. The Morgan fingerprint density at radius 2 is 2.16 bits per heavy atom. The van der Waals surface area contributed by atoms with Gasteiger partial charge >= 0.3 is 0 Å². The van der Waals surface area contributed by atoms with Crippen LogP contribution < -0.4 is 0 Å². The molecule has 0 bridgehead atoms. The van der Waals surface area contributed by atoms with Gasteiger partial charge in [-0.05, 0) is 24.2 Å². The van der Waals surface area contributed by atoms with Crippen LogP contribution in [-0.4, -0.2) is 16.2 Å². The van der Waals surface area contributed by atoms with Crippen LogP contribution in [0.25, 0.3) is 0 Å². The van der Waals surface area contributed by atoms with E-state index in [1.54, 1.807) is 11.3 Å². The van der Waals surface area contributed by atoms with Crippen molar-refractivity contribution in [2.24, 2.45) is 11.3 Å². The van der Waals surface area contributed by atoms with Crippen molar-refractivity contribution < 1.29 is 5.11 Å². The van der Waals surface area contributed by atoms with Crippen LogP contribution in [0.4, 0.5) is 0 Å². The van der Waals surface area contributed by atoms with Gasteiger partial charge in [0, 0.05) is 17.2 Å². The molecule has 108 valence electrons. The van der Waals surface area contributed by atoms with E-state index in [0.29, 0.717) is 5.92 Å². The molecule has 0 saturated heterocycles. The first-order valence-electron chi connectivity index (χ1n) is 7.33. The number of hydrogen-bond donors (Lipinski definition) is 1. The number of aliphatic hydroxyl groups is 1. The minimum Gasteiger partial charge on any atom is -0.392 e. The maximum Gasteiger partial charge on any atom is 0.0954 e. The Labute approximate surface area is 121 Å². The van der Waals surface area contributed by atoms with Crippen LogP contribution >= 0.6 is 11.3 Å². The average Bonchev–Trinajstić information content (AvgIpc) is 2.83. The third kappa shape index (κ3) is 3.38. The molecule has 1 N–H and O–H groups in total.